The first-order chi connectivity index (χ1) is 20.4. The van der Waals surface area contributed by atoms with Crippen LogP contribution in [-0.4, -0.2) is 33.9 Å². The van der Waals surface area contributed by atoms with Crippen LogP contribution in [-0.2, 0) is 22.7 Å². The van der Waals surface area contributed by atoms with Crippen LogP contribution in [0.2, 0.25) is 0 Å². The SMILES string of the molecule is CC12CNCC(C)(O1)n1c3ccccc3c3c4c(c5c6ccccc6n2c5c31)CNC4=O.CCC(=O)c1ccccc1. The van der Waals surface area contributed by atoms with Crippen LogP contribution >= 0.6 is 0 Å². The molecule has 4 aromatic carbocycles. The number of ketones is 1. The van der Waals surface area contributed by atoms with Gasteiger partial charge in [-0.1, -0.05) is 73.7 Å². The Labute approximate surface area is 243 Å². The van der Waals surface area contributed by atoms with Gasteiger partial charge in [-0.3, -0.25) is 9.59 Å². The van der Waals surface area contributed by atoms with Crippen molar-refractivity contribution in [3.8, 4) is 0 Å². The molecule has 2 atom stereocenters. The zero-order chi connectivity index (χ0) is 28.8. The second-order valence-electron chi connectivity index (χ2n) is 11.9. The fraction of sp³-hybridized carbons (Fsp3) is 0.257. The number of nitrogens with one attached hydrogen (secondary N) is 2. The Morgan fingerprint density at radius 1 is 0.810 bits per heavy atom. The molecule has 9 rings (SSSR count). The summed E-state index contributed by atoms with van der Waals surface area (Å²) in [6.07, 6.45) is 0.587. The lowest BCUT2D eigenvalue weighted by Crippen LogP contribution is -2.58. The van der Waals surface area contributed by atoms with Crippen LogP contribution in [0.5, 0.6) is 0 Å². The van der Waals surface area contributed by atoms with E-state index in [1.54, 1.807) is 0 Å². The Hall–Kier alpha value is -4.46. The third kappa shape index (κ3) is 3.23. The average molecular weight is 557 g/mol. The van der Waals surface area contributed by atoms with Crippen LogP contribution in [0.1, 0.15) is 53.5 Å². The number of aromatic nitrogens is 2. The van der Waals surface area contributed by atoms with Gasteiger partial charge in [0.2, 0.25) is 0 Å². The largest absolute Gasteiger partial charge is 0.348 e. The molecule has 2 aromatic heterocycles. The van der Waals surface area contributed by atoms with Gasteiger partial charge in [0, 0.05) is 53.2 Å². The predicted octanol–water partition coefficient (Wildman–Crippen LogP) is 6.40. The minimum atomic E-state index is -0.593. The summed E-state index contributed by atoms with van der Waals surface area (Å²) < 4.78 is 11.8. The lowest BCUT2D eigenvalue weighted by molar-refractivity contribution is -0.232. The topological polar surface area (TPSA) is 77.3 Å². The number of hydrogen-bond donors (Lipinski definition) is 2. The van der Waals surface area contributed by atoms with Crippen molar-refractivity contribution < 1.29 is 14.3 Å². The Balaban J connectivity index is 0.000000229. The molecule has 3 aliphatic rings. The lowest BCUT2D eigenvalue weighted by Gasteiger charge is -2.46. The number of fused-ring (bicyclic) bond motifs is 13. The molecule has 0 saturated carbocycles. The van der Waals surface area contributed by atoms with E-state index in [2.05, 4.69) is 82.1 Å². The van der Waals surface area contributed by atoms with Gasteiger partial charge in [0.1, 0.15) is 0 Å². The van der Waals surface area contributed by atoms with Crippen molar-refractivity contribution in [2.24, 2.45) is 0 Å². The highest BCUT2D eigenvalue weighted by Crippen LogP contribution is 2.51. The van der Waals surface area contributed by atoms with Crippen molar-refractivity contribution in [2.45, 2.75) is 45.2 Å². The molecule has 5 heterocycles. The predicted molar refractivity (Wildman–Crippen MR) is 166 cm³/mol. The zero-order valence-electron chi connectivity index (χ0n) is 24.0. The second-order valence-corrected chi connectivity index (χ2v) is 11.9. The summed E-state index contributed by atoms with van der Waals surface area (Å²) in [5.41, 5.74) is 6.09. The first-order valence-electron chi connectivity index (χ1n) is 14.7. The molecule has 0 spiro atoms. The van der Waals surface area contributed by atoms with Gasteiger partial charge in [0.05, 0.1) is 27.6 Å². The molecule has 1 amide bonds. The second kappa shape index (κ2) is 8.77. The third-order valence-corrected chi connectivity index (χ3v) is 9.19. The number of carbonyl (C=O) groups excluding carboxylic acids is 2. The number of Topliss-reactive ketones (excluding diaryl/α,β-unsaturated/α-hetero) is 1. The standard InChI is InChI=1S/C26H22N4O2.C9H10O/c1-25-12-27-13-26(2,32-25)30-18-10-6-4-8-15(18)20-21-16(11-28-24(21)31)19-14-7-3-5-9-17(14)29(25)22(19)23(20)30;1-2-9(10)8-6-4-3-5-7-8/h3-10,27H,11-13H2,1-2H3,(H,28,31);3-7H,2H2,1H3. The smallest absolute Gasteiger partial charge is 0.252 e. The van der Waals surface area contributed by atoms with Gasteiger partial charge in [0.15, 0.2) is 17.2 Å². The van der Waals surface area contributed by atoms with Crippen LogP contribution in [0.4, 0.5) is 0 Å². The van der Waals surface area contributed by atoms with Gasteiger partial charge >= 0.3 is 0 Å². The summed E-state index contributed by atoms with van der Waals surface area (Å²) in [4.78, 5) is 24.2. The van der Waals surface area contributed by atoms with E-state index >= 15 is 0 Å². The van der Waals surface area contributed by atoms with Crippen molar-refractivity contribution in [1.29, 1.82) is 0 Å². The van der Waals surface area contributed by atoms with E-state index in [1.807, 2.05) is 37.3 Å². The Morgan fingerprint density at radius 3 is 1.98 bits per heavy atom. The molecular weight excluding hydrogens is 524 g/mol. The molecule has 2 unspecified atom stereocenters. The number of nitrogens with zero attached hydrogens (tertiary/aromatic N) is 2. The minimum Gasteiger partial charge on any atom is -0.348 e. The maximum atomic E-state index is 13.2. The maximum Gasteiger partial charge on any atom is 0.252 e. The molecular formula is C35H32N4O3. The molecule has 210 valence electrons. The molecule has 6 aromatic rings. The van der Waals surface area contributed by atoms with Crippen molar-refractivity contribution >= 4 is 55.3 Å². The van der Waals surface area contributed by atoms with E-state index in [9.17, 15) is 9.59 Å². The molecule has 0 aliphatic carbocycles. The highest BCUT2D eigenvalue weighted by Gasteiger charge is 2.49. The summed E-state index contributed by atoms with van der Waals surface area (Å²) in [6, 6.07) is 26.3. The van der Waals surface area contributed by atoms with Crippen LogP contribution < -0.4 is 10.6 Å². The summed E-state index contributed by atoms with van der Waals surface area (Å²) in [5, 5.41) is 11.3. The van der Waals surface area contributed by atoms with Gasteiger partial charge in [-0.05, 0) is 31.5 Å². The highest BCUT2D eigenvalue weighted by atomic mass is 16.6. The van der Waals surface area contributed by atoms with Gasteiger partial charge in [-0.2, -0.15) is 0 Å². The van der Waals surface area contributed by atoms with Crippen LogP contribution in [0.25, 0.3) is 43.6 Å². The van der Waals surface area contributed by atoms with E-state index in [4.69, 9.17) is 4.74 Å². The zero-order valence-corrected chi connectivity index (χ0v) is 24.0. The lowest BCUT2D eigenvalue weighted by atomic mass is 9.97. The van der Waals surface area contributed by atoms with Gasteiger partial charge in [0.25, 0.3) is 5.91 Å². The fourth-order valence-corrected chi connectivity index (χ4v) is 7.58. The Kier molecular flexibility index (Phi) is 5.28. The van der Waals surface area contributed by atoms with Crippen LogP contribution in [0.3, 0.4) is 0 Å². The van der Waals surface area contributed by atoms with Crippen molar-refractivity contribution in [3.63, 3.8) is 0 Å². The van der Waals surface area contributed by atoms with Crippen LogP contribution in [0.15, 0.2) is 78.9 Å². The monoisotopic (exact) mass is 556 g/mol. The first-order valence-corrected chi connectivity index (χ1v) is 14.7. The third-order valence-electron chi connectivity index (χ3n) is 9.19. The highest BCUT2D eigenvalue weighted by molar-refractivity contribution is 6.31. The summed E-state index contributed by atoms with van der Waals surface area (Å²) >= 11 is 0. The quantitative estimate of drug-likeness (QED) is 0.242. The Bertz CT molecular complexity index is 2110. The molecule has 7 heteroatoms. The number of morpholine rings is 1. The molecule has 42 heavy (non-hydrogen) atoms. The number of benzene rings is 4. The van der Waals surface area contributed by atoms with Gasteiger partial charge < -0.3 is 24.5 Å². The number of rotatable bonds is 2. The summed E-state index contributed by atoms with van der Waals surface area (Å²) in [7, 11) is 0. The fourth-order valence-electron chi connectivity index (χ4n) is 7.58. The number of ether oxygens (including phenoxy) is 1. The molecule has 2 N–H and O–H groups in total. The van der Waals surface area contributed by atoms with Crippen LogP contribution in [0, 0.1) is 0 Å². The van der Waals surface area contributed by atoms with Gasteiger partial charge in [-0.25, -0.2) is 0 Å². The minimum absolute atomic E-state index is 0.0178. The number of carbonyl (C=O) groups is 2. The number of para-hydroxylation sites is 2. The molecule has 7 nitrogen and oxygen atoms in total. The van der Waals surface area contributed by atoms with E-state index in [0.717, 1.165) is 50.6 Å². The molecule has 1 fully saturated rings. The van der Waals surface area contributed by atoms with Gasteiger partial charge in [-0.15, -0.1) is 0 Å². The van der Waals surface area contributed by atoms with E-state index in [-0.39, 0.29) is 11.7 Å². The van der Waals surface area contributed by atoms with E-state index in [1.165, 1.54) is 16.3 Å². The molecule has 1 saturated heterocycles. The normalized spacial score (nSPS) is 22.3. The van der Waals surface area contributed by atoms with E-state index < -0.39 is 11.4 Å². The first kappa shape index (κ1) is 25.3. The average Bonchev–Trinajstić information content (AvgIpc) is 3.66. The van der Waals surface area contributed by atoms with Crippen molar-refractivity contribution in [1.82, 2.24) is 19.8 Å². The number of hydrogen-bond acceptors (Lipinski definition) is 4. The Morgan fingerprint density at radius 2 is 1.36 bits per heavy atom. The van der Waals surface area contributed by atoms with Crippen molar-refractivity contribution in [2.75, 3.05) is 13.1 Å². The summed E-state index contributed by atoms with van der Waals surface area (Å²) in [5.74, 6) is 0.227. The maximum absolute atomic E-state index is 13.2. The molecule has 0 radical (unpaired) electrons. The summed E-state index contributed by atoms with van der Waals surface area (Å²) in [6.45, 7) is 8.19. The molecule has 2 bridgehead atoms. The van der Waals surface area contributed by atoms with E-state index in [0.29, 0.717) is 19.5 Å². The number of amides is 1. The van der Waals surface area contributed by atoms with Crippen molar-refractivity contribution in [3.05, 3.63) is 95.6 Å². The molecule has 3 aliphatic heterocycles.